The maximum Gasteiger partial charge on any atom is 0.257 e. The Bertz CT molecular complexity index is 478. The Hall–Kier alpha value is -1.79. The van der Waals surface area contributed by atoms with E-state index in [1.54, 1.807) is 4.90 Å². The molecule has 1 fully saturated rings. The molecule has 1 saturated heterocycles. The number of morpholine rings is 1. The molecule has 0 bridgehead atoms. The third-order valence-electron chi connectivity index (χ3n) is 3.12. The van der Waals surface area contributed by atoms with E-state index < -0.39 is 5.75 Å². The van der Waals surface area contributed by atoms with Gasteiger partial charge in [0.25, 0.3) is 5.91 Å². The lowest BCUT2D eigenvalue weighted by atomic mass is 10.1. The van der Waals surface area contributed by atoms with Gasteiger partial charge in [-0.05, 0) is 19.1 Å². The molecule has 2 unspecified atom stereocenters. The van der Waals surface area contributed by atoms with Gasteiger partial charge in [-0.1, -0.05) is 6.07 Å². The number of carbonyl (C=O) groups excluding carboxylic acids is 1. The summed E-state index contributed by atoms with van der Waals surface area (Å²) in [7, 11) is 0. The number of phenolic OH excluding ortho intramolecular Hbond substituents is 2. The first-order chi connectivity index (χ1) is 9.02. The van der Waals surface area contributed by atoms with E-state index in [0.717, 1.165) is 0 Å². The average molecular weight is 266 g/mol. The van der Waals surface area contributed by atoms with Gasteiger partial charge in [0, 0.05) is 19.6 Å². The smallest absolute Gasteiger partial charge is 0.257 e. The summed E-state index contributed by atoms with van der Waals surface area (Å²) in [5.74, 6) is -1.03. The van der Waals surface area contributed by atoms with Crippen LogP contribution in [0.15, 0.2) is 18.2 Å². The van der Waals surface area contributed by atoms with Crippen LogP contribution in [0.4, 0.5) is 0 Å². The number of ether oxygens (including phenoxy) is 1. The first-order valence-corrected chi connectivity index (χ1v) is 6.18. The molecule has 104 valence electrons. The van der Waals surface area contributed by atoms with Crippen molar-refractivity contribution < 1.29 is 19.7 Å². The van der Waals surface area contributed by atoms with Gasteiger partial charge in [0.15, 0.2) is 11.5 Å². The van der Waals surface area contributed by atoms with Crippen molar-refractivity contribution in [1.29, 1.82) is 0 Å². The largest absolute Gasteiger partial charge is 0.504 e. The summed E-state index contributed by atoms with van der Waals surface area (Å²) in [5, 5.41) is 19.2. The zero-order valence-electron chi connectivity index (χ0n) is 10.7. The number of nitrogens with two attached hydrogens (primary N) is 1. The zero-order valence-corrected chi connectivity index (χ0v) is 10.7. The summed E-state index contributed by atoms with van der Waals surface area (Å²) in [5.41, 5.74) is 5.66. The highest BCUT2D eigenvalue weighted by Crippen LogP contribution is 2.29. The summed E-state index contributed by atoms with van der Waals surface area (Å²) in [6.07, 6.45) is -0.308. The number of phenols is 2. The number of para-hydroxylation sites is 1. The molecule has 1 aliphatic rings. The standard InChI is InChI=1S/C13H18N2O4/c1-8-6-15(7-9(5-14)19-8)13(18)10-3-2-4-11(16)12(10)17/h2-4,8-9,16-17H,5-7,14H2,1H3. The lowest BCUT2D eigenvalue weighted by Crippen LogP contribution is -2.51. The number of nitrogens with zero attached hydrogens (tertiary/aromatic N) is 1. The van der Waals surface area contributed by atoms with Gasteiger partial charge in [-0.2, -0.15) is 0 Å². The predicted octanol–water partition coefficient (Wildman–Crippen LogP) is 0.286. The number of aromatic hydroxyl groups is 2. The van der Waals surface area contributed by atoms with Crippen LogP contribution in [-0.2, 0) is 4.74 Å². The molecule has 4 N–H and O–H groups in total. The van der Waals surface area contributed by atoms with Crippen molar-refractivity contribution in [3.05, 3.63) is 23.8 Å². The molecule has 0 aliphatic carbocycles. The van der Waals surface area contributed by atoms with Gasteiger partial charge in [0.2, 0.25) is 0 Å². The zero-order chi connectivity index (χ0) is 14.0. The molecule has 2 rings (SSSR count). The Morgan fingerprint density at radius 2 is 2.21 bits per heavy atom. The third kappa shape index (κ3) is 2.80. The van der Waals surface area contributed by atoms with E-state index in [1.165, 1.54) is 18.2 Å². The maximum atomic E-state index is 12.3. The molecule has 2 atom stereocenters. The summed E-state index contributed by atoms with van der Waals surface area (Å²) >= 11 is 0. The summed E-state index contributed by atoms with van der Waals surface area (Å²) in [6, 6.07) is 4.33. The Morgan fingerprint density at radius 1 is 1.47 bits per heavy atom. The fraction of sp³-hybridized carbons (Fsp3) is 0.462. The Balaban J connectivity index is 2.21. The Kier molecular flexibility index (Phi) is 3.92. The number of amides is 1. The van der Waals surface area contributed by atoms with Crippen molar-refractivity contribution in [3.63, 3.8) is 0 Å². The summed E-state index contributed by atoms with van der Waals surface area (Å²) < 4.78 is 5.57. The average Bonchev–Trinajstić information content (AvgIpc) is 2.40. The highest BCUT2D eigenvalue weighted by molar-refractivity contribution is 5.97. The van der Waals surface area contributed by atoms with E-state index >= 15 is 0 Å². The molecule has 1 amide bonds. The molecular formula is C13H18N2O4. The molecule has 1 aliphatic heterocycles. The minimum atomic E-state index is -0.393. The van der Waals surface area contributed by atoms with Crippen LogP contribution in [-0.4, -0.2) is 52.9 Å². The first-order valence-electron chi connectivity index (χ1n) is 6.18. The van der Waals surface area contributed by atoms with Gasteiger partial charge in [0.1, 0.15) is 0 Å². The van der Waals surface area contributed by atoms with Crippen LogP contribution in [0.25, 0.3) is 0 Å². The number of benzene rings is 1. The lowest BCUT2D eigenvalue weighted by molar-refractivity contribution is -0.0626. The van der Waals surface area contributed by atoms with Crippen molar-refractivity contribution in [3.8, 4) is 11.5 Å². The minimum absolute atomic E-state index is 0.0878. The van der Waals surface area contributed by atoms with E-state index in [0.29, 0.717) is 19.6 Å². The van der Waals surface area contributed by atoms with Crippen LogP contribution in [0.2, 0.25) is 0 Å². The van der Waals surface area contributed by atoms with E-state index in [4.69, 9.17) is 10.5 Å². The van der Waals surface area contributed by atoms with Crippen molar-refractivity contribution in [2.24, 2.45) is 5.73 Å². The molecule has 19 heavy (non-hydrogen) atoms. The number of hydrogen-bond acceptors (Lipinski definition) is 5. The SMILES string of the molecule is CC1CN(C(=O)c2cccc(O)c2O)CC(CN)O1. The van der Waals surface area contributed by atoms with Gasteiger partial charge in [-0.25, -0.2) is 0 Å². The van der Waals surface area contributed by atoms with Gasteiger partial charge in [0.05, 0.1) is 17.8 Å². The van der Waals surface area contributed by atoms with Crippen molar-refractivity contribution in [1.82, 2.24) is 4.90 Å². The van der Waals surface area contributed by atoms with Crippen molar-refractivity contribution in [2.75, 3.05) is 19.6 Å². The van der Waals surface area contributed by atoms with Gasteiger partial charge in [-0.15, -0.1) is 0 Å². The quantitative estimate of drug-likeness (QED) is 0.668. The van der Waals surface area contributed by atoms with E-state index in [9.17, 15) is 15.0 Å². The van der Waals surface area contributed by atoms with Crippen LogP contribution in [0.1, 0.15) is 17.3 Å². The molecule has 1 heterocycles. The first kappa shape index (κ1) is 13.6. The predicted molar refractivity (Wildman–Crippen MR) is 69.1 cm³/mol. The van der Waals surface area contributed by atoms with Crippen molar-refractivity contribution in [2.45, 2.75) is 19.1 Å². The van der Waals surface area contributed by atoms with Gasteiger partial charge >= 0.3 is 0 Å². The van der Waals surface area contributed by atoms with Crippen LogP contribution in [0.5, 0.6) is 11.5 Å². The number of rotatable bonds is 2. The molecule has 0 aromatic heterocycles. The molecule has 6 nitrogen and oxygen atoms in total. The topological polar surface area (TPSA) is 96.0 Å². The number of carbonyl (C=O) groups is 1. The third-order valence-corrected chi connectivity index (χ3v) is 3.12. The monoisotopic (exact) mass is 266 g/mol. The van der Waals surface area contributed by atoms with E-state index in [1.807, 2.05) is 6.92 Å². The fourth-order valence-corrected chi connectivity index (χ4v) is 2.22. The van der Waals surface area contributed by atoms with Crippen molar-refractivity contribution >= 4 is 5.91 Å². The van der Waals surface area contributed by atoms with E-state index in [-0.39, 0.29) is 29.4 Å². The summed E-state index contributed by atoms with van der Waals surface area (Å²) in [6.45, 7) is 3.02. The second-order valence-electron chi connectivity index (χ2n) is 4.69. The molecule has 0 spiro atoms. The molecule has 1 aromatic rings. The Morgan fingerprint density at radius 3 is 2.89 bits per heavy atom. The minimum Gasteiger partial charge on any atom is -0.504 e. The highest BCUT2D eigenvalue weighted by atomic mass is 16.5. The van der Waals surface area contributed by atoms with Crippen LogP contribution in [0, 0.1) is 0 Å². The maximum absolute atomic E-state index is 12.3. The molecule has 0 saturated carbocycles. The molecule has 6 heteroatoms. The second kappa shape index (κ2) is 5.46. The molecular weight excluding hydrogens is 248 g/mol. The molecule has 1 aromatic carbocycles. The van der Waals surface area contributed by atoms with Gasteiger partial charge < -0.3 is 25.6 Å². The van der Waals surface area contributed by atoms with Crippen LogP contribution in [0.3, 0.4) is 0 Å². The summed E-state index contributed by atoms with van der Waals surface area (Å²) in [4.78, 5) is 13.9. The van der Waals surface area contributed by atoms with E-state index in [2.05, 4.69) is 0 Å². The van der Waals surface area contributed by atoms with Crippen LogP contribution >= 0.6 is 0 Å². The molecule has 0 radical (unpaired) electrons. The number of hydrogen-bond donors (Lipinski definition) is 3. The van der Waals surface area contributed by atoms with Gasteiger partial charge in [-0.3, -0.25) is 4.79 Å². The Labute approximate surface area is 111 Å². The highest BCUT2D eigenvalue weighted by Gasteiger charge is 2.29. The van der Waals surface area contributed by atoms with Crippen LogP contribution < -0.4 is 5.73 Å². The second-order valence-corrected chi connectivity index (χ2v) is 4.69. The fourth-order valence-electron chi connectivity index (χ4n) is 2.22. The normalized spacial score (nSPS) is 23.4. The lowest BCUT2D eigenvalue weighted by Gasteiger charge is -2.36.